The van der Waals surface area contributed by atoms with Gasteiger partial charge in [0.1, 0.15) is 0 Å². The molecule has 0 spiro atoms. The quantitative estimate of drug-likeness (QED) is 0.739. The summed E-state index contributed by atoms with van der Waals surface area (Å²) in [6, 6.07) is 3.99. The second kappa shape index (κ2) is 5.34. The Hall–Kier alpha value is -1.42. The van der Waals surface area contributed by atoms with Gasteiger partial charge in [-0.3, -0.25) is 9.78 Å². The fourth-order valence-electron chi connectivity index (χ4n) is 1.17. The average molecular weight is 194 g/mol. The van der Waals surface area contributed by atoms with Gasteiger partial charge in [-0.1, -0.05) is 0 Å². The lowest BCUT2D eigenvalue weighted by atomic mass is 10.1. The fourth-order valence-corrected chi connectivity index (χ4v) is 1.17. The van der Waals surface area contributed by atoms with Crippen molar-refractivity contribution in [2.45, 2.75) is 19.4 Å². The summed E-state index contributed by atoms with van der Waals surface area (Å²) in [7, 11) is 0. The van der Waals surface area contributed by atoms with Crippen LogP contribution in [0.15, 0.2) is 24.5 Å². The van der Waals surface area contributed by atoms with Gasteiger partial charge in [-0.15, -0.1) is 0 Å². The van der Waals surface area contributed by atoms with E-state index in [2.05, 4.69) is 10.3 Å². The molecule has 1 rings (SSSR count). The molecule has 1 aromatic rings. The topological polar surface area (TPSA) is 62.2 Å². The van der Waals surface area contributed by atoms with Crippen LogP contribution in [0.1, 0.15) is 24.9 Å². The molecule has 0 aliphatic carbocycles. The van der Waals surface area contributed by atoms with Gasteiger partial charge in [0.25, 0.3) is 0 Å². The highest BCUT2D eigenvalue weighted by Crippen LogP contribution is 2.09. The molecule has 0 aromatic carbocycles. The number of rotatable bonds is 5. The molecule has 1 aromatic heterocycles. The van der Waals surface area contributed by atoms with Gasteiger partial charge in [0.15, 0.2) is 0 Å². The first kappa shape index (κ1) is 10.7. The van der Waals surface area contributed by atoms with Gasteiger partial charge in [-0.05, 0) is 24.6 Å². The van der Waals surface area contributed by atoms with Crippen molar-refractivity contribution < 1.29 is 9.90 Å². The summed E-state index contributed by atoms with van der Waals surface area (Å²) in [4.78, 5) is 14.2. The number of hydrogen-bond acceptors (Lipinski definition) is 3. The molecule has 0 aliphatic heterocycles. The number of nitrogens with one attached hydrogen (secondary N) is 1. The second-order valence-electron chi connectivity index (χ2n) is 3.10. The monoisotopic (exact) mass is 194 g/mol. The van der Waals surface area contributed by atoms with Crippen LogP contribution in [0.5, 0.6) is 0 Å². The van der Waals surface area contributed by atoms with Crippen molar-refractivity contribution >= 4 is 5.97 Å². The number of hydrogen-bond donors (Lipinski definition) is 2. The van der Waals surface area contributed by atoms with Gasteiger partial charge in [-0.25, -0.2) is 0 Å². The molecule has 0 amide bonds. The Bertz CT molecular complexity index is 287. The Labute approximate surface area is 83.0 Å². The molecule has 4 heteroatoms. The molecule has 2 N–H and O–H groups in total. The summed E-state index contributed by atoms with van der Waals surface area (Å²) in [5.74, 6) is -0.778. The maximum atomic E-state index is 10.3. The molecule has 0 radical (unpaired) electrons. The molecule has 0 saturated carbocycles. The fraction of sp³-hybridized carbons (Fsp3) is 0.400. The number of carboxylic acids is 1. The first-order valence-electron chi connectivity index (χ1n) is 4.55. The largest absolute Gasteiger partial charge is 0.481 e. The van der Waals surface area contributed by atoms with Crippen molar-refractivity contribution in [3.05, 3.63) is 30.1 Å². The van der Waals surface area contributed by atoms with E-state index in [-0.39, 0.29) is 12.5 Å². The predicted molar refractivity (Wildman–Crippen MR) is 52.9 cm³/mol. The summed E-state index contributed by atoms with van der Waals surface area (Å²) in [6.45, 7) is 2.48. The minimum atomic E-state index is -0.778. The van der Waals surface area contributed by atoms with Crippen molar-refractivity contribution in [1.82, 2.24) is 10.3 Å². The van der Waals surface area contributed by atoms with Crippen molar-refractivity contribution in [3.63, 3.8) is 0 Å². The number of carbonyl (C=O) groups is 1. The third-order valence-corrected chi connectivity index (χ3v) is 2.00. The Kier molecular flexibility index (Phi) is 4.07. The van der Waals surface area contributed by atoms with Crippen LogP contribution in [-0.4, -0.2) is 22.6 Å². The third-order valence-electron chi connectivity index (χ3n) is 2.00. The summed E-state index contributed by atoms with van der Waals surface area (Å²) in [5.41, 5.74) is 1.12. The standard InChI is InChI=1S/C10H14N2O2/c1-8(12-7-4-10(13)14)9-2-5-11-6-3-9/h2-3,5-6,8,12H,4,7H2,1H3,(H,13,14)/t8-/m0/s1. The normalized spacial score (nSPS) is 12.4. The molecule has 0 aliphatic rings. The molecule has 76 valence electrons. The average Bonchev–Trinajstić information content (AvgIpc) is 2.18. The van der Waals surface area contributed by atoms with E-state index in [0.717, 1.165) is 5.56 Å². The zero-order valence-electron chi connectivity index (χ0n) is 8.10. The van der Waals surface area contributed by atoms with E-state index < -0.39 is 5.97 Å². The minimum Gasteiger partial charge on any atom is -0.481 e. The van der Waals surface area contributed by atoms with E-state index in [1.807, 2.05) is 19.1 Å². The van der Waals surface area contributed by atoms with Gasteiger partial charge >= 0.3 is 5.97 Å². The van der Waals surface area contributed by atoms with Gasteiger partial charge in [0.05, 0.1) is 6.42 Å². The van der Waals surface area contributed by atoms with Gasteiger partial charge in [-0.2, -0.15) is 0 Å². The first-order chi connectivity index (χ1) is 6.70. The number of pyridine rings is 1. The van der Waals surface area contributed by atoms with Crippen LogP contribution in [-0.2, 0) is 4.79 Å². The zero-order valence-corrected chi connectivity index (χ0v) is 8.10. The SMILES string of the molecule is C[C@H](NCCC(=O)O)c1ccncc1. The van der Waals surface area contributed by atoms with Gasteiger partial charge in [0.2, 0.25) is 0 Å². The molecular weight excluding hydrogens is 180 g/mol. The molecule has 14 heavy (non-hydrogen) atoms. The third kappa shape index (κ3) is 3.53. The van der Waals surface area contributed by atoms with Crippen molar-refractivity contribution in [2.24, 2.45) is 0 Å². The second-order valence-corrected chi connectivity index (χ2v) is 3.10. The number of nitrogens with zero attached hydrogens (tertiary/aromatic N) is 1. The molecule has 0 unspecified atom stereocenters. The van der Waals surface area contributed by atoms with E-state index in [4.69, 9.17) is 5.11 Å². The van der Waals surface area contributed by atoms with Crippen LogP contribution >= 0.6 is 0 Å². The number of aliphatic carboxylic acids is 1. The van der Waals surface area contributed by atoms with E-state index in [1.54, 1.807) is 12.4 Å². The van der Waals surface area contributed by atoms with Crippen LogP contribution < -0.4 is 5.32 Å². The van der Waals surface area contributed by atoms with Crippen LogP contribution in [0, 0.1) is 0 Å². The smallest absolute Gasteiger partial charge is 0.304 e. The molecule has 1 atom stereocenters. The van der Waals surface area contributed by atoms with E-state index in [1.165, 1.54) is 0 Å². The Morgan fingerprint density at radius 1 is 1.57 bits per heavy atom. The number of aromatic nitrogens is 1. The highest BCUT2D eigenvalue weighted by Gasteiger charge is 2.04. The Morgan fingerprint density at radius 3 is 2.79 bits per heavy atom. The van der Waals surface area contributed by atoms with Crippen molar-refractivity contribution in [1.29, 1.82) is 0 Å². The predicted octanol–water partition coefficient (Wildman–Crippen LogP) is 1.21. The highest BCUT2D eigenvalue weighted by atomic mass is 16.4. The lowest BCUT2D eigenvalue weighted by molar-refractivity contribution is -0.136. The maximum absolute atomic E-state index is 10.3. The van der Waals surface area contributed by atoms with Crippen LogP contribution in [0.25, 0.3) is 0 Å². The van der Waals surface area contributed by atoms with Crippen LogP contribution in [0.4, 0.5) is 0 Å². The molecule has 0 bridgehead atoms. The number of carboxylic acid groups (broad SMARTS) is 1. The Balaban J connectivity index is 2.36. The van der Waals surface area contributed by atoms with E-state index in [9.17, 15) is 4.79 Å². The highest BCUT2D eigenvalue weighted by molar-refractivity contribution is 5.66. The molecule has 0 fully saturated rings. The van der Waals surface area contributed by atoms with Crippen LogP contribution in [0.2, 0.25) is 0 Å². The lowest BCUT2D eigenvalue weighted by Crippen LogP contribution is -2.21. The van der Waals surface area contributed by atoms with Gasteiger partial charge < -0.3 is 10.4 Å². The minimum absolute atomic E-state index is 0.148. The van der Waals surface area contributed by atoms with Crippen molar-refractivity contribution in [2.75, 3.05) is 6.54 Å². The molecule has 4 nitrogen and oxygen atoms in total. The summed E-state index contributed by atoms with van der Waals surface area (Å²) in [5, 5.41) is 11.6. The maximum Gasteiger partial charge on any atom is 0.304 e. The van der Waals surface area contributed by atoms with E-state index >= 15 is 0 Å². The molecular formula is C10H14N2O2. The van der Waals surface area contributed by atoms with Crippen LogP contribution in [0.3, 0.4) is 0 Å². The Morgan fingerprint density at radius 2 is 2.21 bits per heavy atom. The summed E-state index contributed by atoms with van der Waals surface area (Å²) in [6.07, 6.45) is 3.60. The summed E-state index contributed by atoms with van der Waals surface area (Å²) >= 11 is 0. The molecule has 1 heterocycles. The van der Waals surface area contributed by atoms with Gasteiger partial charge in [0, 0.05) is 25.0 Å². The van der Waals surface area contributed by atoms with Crippen molar-refractivity contribution in [3.8, 4) is 0 Å². The molecule has 0 saturated heterocycles. The zero-order chi connectivity index (χ0) is 10.4. The summed E-state index contributed by atoms with van der Waals surface area (Å²) < 4.78 is 0. The first-order valence-corrected chi connectivity index (χ1v) is 4.55. The lowest BCUT2D eigenvalue weighted by Gasteiger charge is -2.12. The van der Waals surface area contributed by atoms with E-state index in [0.29, 0.717) is 6.54 Å².